The number of aromatic nitrogens is 3. The highest BCUT2D eigenvalue weighted by atomic mass is 19.4. The van der Waals surface area contributed by atoms with E-state index < -0.39 is 17.5 Å². The molecule has 4 rings (SSSR count). The molecule has 1 aromatic carbocycles. The zero-order valence-electron chi connectivity index (χ0n) is 15.0. The van der Waals surface area contributed by atoms with E-state index in [0.717, 1.165) is 6.07 Å². The van der Waals surface area contributed by atoms with Gasteiger partial charge in [-0.1, -0.05) is 0 Å². The quantitative estimate of drug-likeness (QED) is 0.619. The molecule has 1 amide bonds. The lowest BCUT2D eigenvalue weighted by atomic mass is 10.0. The van der Waals surface area contributed by atoms with E-state index in [-0.39, 0.29) is 23.2 Å². The summed E-state index contributed by atoms with van der Waals surface area (Å²) in [5.74, 6) is -0.103. The summed E-state index contributed by atoms with van der Waals surface area (Å²) in [6, 6.07) is 4.36. The highest BCUT2D eigenvalue weighted by molar-refractivity contribution is 6.00. The minimum absolute atomic E-state index is 0.00235. The normalized spacial score (nSPS) is 16.8. The number of anilines is 1. The van der Waals surface area contributed by atoms with Crippen LogP contribution in [-0.2, 0) is 11.0 Å². The number of nitrogens with zero attached hydrogens (tertiary/aromatic N) is 3. The van der Waals surface area contributed by atoms with Gasteiger partial charge in [-0.2, -0.15) is 13.2 Å². The van der Waals surface area contributed by atoms with Gasteiger partial charge in [-0.15, -0.1) is 10.2 Å². The smallest absolute Gasteiger partial charge is 0.416 e. The summed E-state index contributed by atoms with van der Waals surface area (Å²) in [4.78, 5) is 15.4. The van der Waals surface area contributed by atoms with Crippen LogP contribution in [0.25, 0.3) is 22.0 Å². The molecule has 3 N–H and O–H groups in total. The van der Waals surface area contributed by atoms with Crippen LogP contribution in [0.4, 0.5) is 19.0 Å². The molecule has 1 atom stereocenters. The van der Waals surface area contributed by atoms with Gasteiger partial charge in [0.2, 0.25) is 5.91 Å². The van der Waals surface area contributed by atoms with E-state index in [1.54, 1.807) is 12.3 Å². The minimum atomic E-state index is -4.56. The molecule has 1 saturated heterocycles. The minimum Gasteiger partial charge on any atom is -0.507 e. The predicted octanol–water partition coefficient (Wildman–Crippen LogP) is 3.11. The van der Waals surface area contributed by atoms with Gasteiger partial charge in [0, 0.05) is 47.7 Å². The third-order valence-electron chi connectivity index (χ3n) is 4.76. The standard InChI is InChI=1S/C19H16F3N5O2/c20-19(21,22)10-1-3-13(15(28)7-10)17-12-5-6-23-9-14(12)18(27-26-17)24-8-11-2-4-16(29)25-11/h1,3,5-7,9,11,28H,2,4,8H2,(H,24,27)(H,25,29). The summed E-state index contributed by atoms with van der Waals surface area (Å²) in [6.07, 6.45) is -0.281. The van der Waals surface area contributed by atoms with Crippen LogP contribution in [0.1, 0.15) is 18.4 Å². The molecule has 0 saturated carbocycles. The largest absolute Gasteiger partial charge is 0.507 e. The number of amides is 1. The molecule has 150 valence electrons. The average molecular weight is 403 g/mol. The van der Waals surface area contributed by atoms with Gasteiger partial charge in [0.1, 0.15) is 11.4 Å². The number of hydrogen-bond acceptors (Lipinski definition) is 6. The van der Waals surface area contributed by atoms with E-state index in [4.69, 9.17) is 0 Å². The number of nitrogens with one attached hydrogen (secondary N) is 2. The highest BCUT2D eigenvalue weighted by Crippen LogP contribution is 2.38. The van der Waals surface area contributed by atoms with Crippen LogP contribution in [0.5, 0.6) is 5.75 Å². The summed E-state index contributed by atoms with van der Waals surface area (Å²) < 4.78 is 38.6. The van der Waals surface area contributed by atoms with Crippen molar-refractivity contribution >= 4 is 22.5 Å². The van der Waals surface area contributed by atoms with Gasteiger partial charge in [-0.05, 0) is 30.7 Å². The van der Waals surface area contributed by atoms with Gasteiger partial charge < -0.3 is 15.7 Å². The van der Waals surface area contributed by atoms with Crippen molar-refractivity contribution in [3.05, 3.63) is 42.2 Å². The number of hydrogen-bond donors (Lipinski definition) is 3. The first-order valence-corrected chi connectivity index (χ1v) is 8.87. The highest BCUT2D eigenvalue weighted by Gasteiger charge is 2.31. The fraction of sp³-hybridized carbons (Fsp3) is 0.263. The van der Waals surface area contributed by atoms with E-state index >= 15 is 0 Å². The molecule has 1 fully saturated rings. The van der Waals surface area contributed by atoms with E-state index in [1.165, 1.54) is 12.3 Å². The third kappa shape index (κ3) is 3.78. The number of carbonyl (C=O) groups excluding carboxylic acids is 1. The molecular formula is C19H16F3N5O2. The number of alkyl halides is 3. The number of pyridine rings is 1. The molecule has 3 aromatic rings. The van der Waals surface area contributed by atoms with Crippen LogP contribution < -0.4 is 10.6 Å². The van der Waals surface area contributed by atoms with Gasteiger partial charge in [0.05, 0.1) is 5.56 Å². The van der Waals surface area contributed by atoms with Crippen LogP contribution in [0.2, 0.25) is 0 Å². The second-order valence-electron chi connectivity index (χ2n) is 6.73. The van der Waals surface area contributed by atoms with E-state index in [0.29, 0.717) is 42.0 Å². The number of carbonyl (C=O) groups is 1. The average Bonchev–Trinajstić information content (AvgIpc) is 3.11. The number of fused-ring (bicyclic) bond motifs is 1. The summed E-state index contributed by atoms with van der Waals surface area (Å²) in [6.45, 7) is 0.454. The Morgan fingerprint density at radius 3 is 2.72 bits per heavy atom. The molecule has 1 aliphatic rings. The Hall–Kier alpha value is -3.43. The van der Waals surface area contributed by atoms with Crippen molar-refractivity contribution in [3.63, 3.8) is 0 Å². The van der Waals surface area contributed by atoms with Crippen LogP contribution in [-0.4, -0.2) is 38.8 Å². The van der Waals surface area contributed by atoms with E-state index in [9.17, 15) is 23.1 Å². The zero-order valence-corrected chi connectivity index (χ0v) is 15.0. The van der Waals surface area contributed by atoms with Gasteiger partial charge in [0.25, 0.3) is 0 Å². The van der Waals surface area contributed by atoms with Crippen molar-refractivity contribution in [2.45, 2.75) is 25.1 Å². The Morgan fingerprint density at radius 2 is 2.03 bits per heavy atom. The monoisotopic (exact) mass is 403 g/mol. The number of phenols is 1. The molecule has 0 radical (unpaired) electrons. The molecule has 1 aliphatic heterocycles. The summed E-state index contributed by atoms with van der Waals surface area (Å²) in [5.41, 5.74) is -0.570. The summed E-state index contributed by atoms with van der Waals surface area (Å²) in [7, 11) is 0. The first-order chi connectivity index (χ1) is 13.8. The fourth-order valence-electron chi connectivity index (χ4n) is 3.29. The Kier molecular flexibility index (Phi) is 4.69. The van der Waals surface area contributed by atoms with E-state index in [1.807, 2.05) is 0 Å². The molecule has 0 spiro atoms. The molecule has 0 aliphatic carbocycles. The fourth-order valence-corrected chi connectivity index (χ4v) is 3.29. The lowest BCUT2D eigenvalue weighted by Gasteiger charge is -2.15. The van der Waals surface area contributed by atoms with Gasteiger partial charge in [0.15, 0.2) is 5.82 Å². The van der Waals surface area contributed by atoms with Crippen molar-refractivity contribution in [3.8, 4) is 17.0 Å². The van der Waals surface area contributed by atoms with E-state index in [2.05, 4.69) is 25.8 Å². The number of aromatic hydroxyl groups is 1. The van der Waals surface area contributed by atoms with Crippen LogP contribution in [0.3, 0.4) is 0 Å². The molecule has 29 heavy (non-hydrogen) atoms. The first-order valence-electron chi connectivity index (χ1n) is 8.87. The Balaban J connectivity index is 1.69. The SMILES string of the molecule is O=C1CCC(CNc2nnc(-c3ccc(C(F)(F)F)cc3O)c3ccncc23)N1. The maximum atomic E-state index is 12.9. The Morgan fingerprint density at radius 1 is 1.21 bits per heavy atom. The van der Waals surface area contributed by atoms with Crippen LogP contribution in [0, 0.1) is 0 Å². The van der Waals surface area contributed by atoms with Crippen molar-refractivity contribution in [1.82, 2.24) is 20.5 Å². The second-order valence-corrected chi connectivity index (χ2v) is 6.73. The molecule has 10 heteroatoms. The first kappa shape index (κ1) is 18.9. The summed E-state index contributed by atoms with van der Waals surface area (Å²) >= 11 is 0. The Bertz CT molecular complexity index is 1090. The van der Waals surface area contributed by atoms with Crippen molar-refractivity contribution < 1.29 is 23.1 Å². The lowest BCUT2D eigenvalue weighted by molar-refractivity contribution is -0.137. The zero-order chi connectivity index (χ0) is 20.6. The maximum absolute atomic E-state index is 12.9. The second kappa shape index (κ2) is 7.19. The molecule has 2 aromatic heterocycles. The van der Waals surface area contributed by atoms with Gasteiger partial charge >= 0.3 is 6.18 Å². The number of rotatable bonds is 4. The maximum Gasteiger partial charge on any atom is 0.416 e. The number of benzene rings is 1. The van der Waals surface area contributed by atoms with Gasteiger partial charge in [-0.3, -0.25) is 9.78 Å². The lowest BCUT2D eigenvalue weighted by Crippen LogP contribution is -2.32. The van der Waals surface area contributed by atoms with Crippen molar-refractivity contribution in [2.24, 2.45) is 0 Å². The van der Waals surface area contributed by atoms with Crippen LogP contribution in [0.15, 0.2) is 36.7 Å². The third-order valence-corrected chi connectivity index (χ3v) is 4.76. The molecular weight excluding hydrogens is 387 g/mol. The number of halogens is 3. The van der Waals surface area contributed by atoms with Crippen molar-refractivity contribution in [2.75, 3.05) is 11.9 Å². The topological polar surface area (TPSA) is 100 Å². The van der Waals surface area contributed by atoms with Gasteiger partial charge in [-0.25, -0.2) is 0 Å². The molecule has 1 unspecified atom stereocenters. The molecule has 3 heterocycles. The van der Waals surface area contributed by atoms with Crippen LogP contribution >= 0.6 is 0 Å². The molecule has 7 nitrogen and oxygen atoms in total. The summed E-state index contributed by atoms with van der Waals surface area (Å²) in [5, 5.41) is 25.6. The molecule has 0 bridgehead atoms. The number of phenolic OH excluding ortho intramolecular Hbond substituents is 1. The predicted molar refractivity (Wildman–Crippen MR) is 99.1 cm³/mol. The van der Waals surface area contributed by atoms with Crippen molar-refractivity contribution in [1.29, 1.82) is 0 Å². The Labute approximate surface area is 163 Å².